The maximum absolute atomic E-state index is 10.3. The summed E-state index contributed by atoms with van der Waals surface area (Å²) in [7, 11) is 0. The third kappa shape index (κ3) is 30.4. The van der Waals surface area contributed by atoms with Crippen LogP contribution in [0, 0.1) is 11.8 Å². The molecule has 0 rings (SSSR count). The van der Waals surface area contributed by atoms with Crippen LogP contribution >= 0.6 is 0 Å². The van der Waals surface area contributed by atoms with Gasteiger partial charge in [-0.05, 0) is 24.7 Å². The average molecular weight is 595 g/mol. The fourth-order valence-electron chi connectivity index (χ4n) is 6.65. The predicted molar refractivity (Wildman–Crippen MR) is 181 cm³/mol. The molecular formula is C38H74O4. The van der Waals surface area contributed by atoms with Gasteiger partial charge in [0.15, 0.2) is 0 Å². The summed E-state index contributed by atoms with van der Waals surface area (Å²) >= 11 is 0. The molecule has 0 aliphatic rings. The summed E-state index contributed by atoms with van der Waals surface area (Å²) in [5, 5.41) is 0. The van der Waals surface area contributed by atoms with Gasteiger partial charge in [-0.2, -0.15) is 0 Å². The summed E-state index contributed by atoms with van der Waals surface area (Å²) in [6.45, 7) is 6.92. The Morgan fingerprint density at radius 2 is 0.595 bits per heavy atom. The molecule has 0 aliphatic heterocycles. The topological polar surface area (TPSA) is 52.6 Å². The van der Waals surface area contributed by atoms with Gasteiger partial charge in [-0.3, -0.25) is 9.59 Å². The van der Waals surface area contributed by atoms with Crippen molar-refractivity contribution in [3.63, 3.8) is 0 Å². The highest BCUT2D eigenvalue weighted by molar-refractivity contribution is 5.36. The number of ether oxygens (including phenoxy) is 2. The Morgan fingerprint density at radius 3 is 0.857 bits per heavy atom. The van der Waals surface area contributed by atoms with Gasteiger partial charge in [-0.25, -0.2) is 0 Å². The van der Waals surface area contributed by atoms with Crippen molar-refractivity contribution in [1.82, 2.24) is 0 Å². The highest BCUT2D eigenvalue weighted by atomic mass is 16.5. The standard InChI is InChI=1S/C38H74O4/c1-3-5-7-9-11-17-23-29-37(31-25-19-13-15-21-27-33-41-35-39)38(30-24-18-12-10-8-6-4-2)32-26-20-14-16-22-28-34-42-36-40/h35-38H,3-34H2,1-2H3. The van der Waals surface area contributed by atoms with Crippen molar-refractivity contribution < 1.29 is 19.1 Å². The SMILES string of the molecule is CCCCCCCCCC(CCCCCCCCOC=O)C(CCCCCCCCC)CCCCCCCCOC=O. The number of carbonyl (C=O) groups is 2. The van der Waals surface area contributed by atoms with Crippen molar-refractivity contribution in [3.05, 3.63) is 0 Å². The maximum Gasteiger partial charge on any atom is 0.293 e. The Balaban J connectivity index is 4.74. The molecule has 0 fully saturated rings. The van der Waals surface area contributed by atoms with Gasteiger partial charge in [0.05, 0.1) is 13.2 Å². The van der Waals surface area contributed by atoms with Crippen molar-refractivity contribution >= 4 is 12.9 Å². The molecule has 0 bridgehead atoms. The van der Waals surface area contributed by atoms with Gasteiger partial charge < -0.3 is 9.47 Å². The fraction of sp³-hybridized carbons (Fsp3) is 0.947. The van der Waals surface area contributed by atoms with Crippen LogP contribution in [-0.2, 0) is 19.1 Å². The van der Waals surface area contributed by atoms with Crippen molar-refractivity contribution in [2.75, 3.05) is 13.2 Å². The molecular weight excluding hydrogens is 520 g/mol. The molecule has 0 aromatic carbocycles. The average Bonchev–Trinajstić information content (AvgIpc) is 3.00. The van der Waals surface area contributed by atoms with E-state index < -0.39 is 0 Å². The lowest BCUT2D eigenvalue weighted by molar-refractivity contribution is -0.129. The molecule has 2 atom stereocenters. The number of hydrogen-bond acceptors (Lipinski definition) is 4. The molecule has 0 spiro atoms. The molecule has 0 aliphatic carbocycles. The quantitative estimate of drug-likeness (QED) is 0.0530. The normalized spacial score (nSPS) is 12.7. The molecule has 4 nitrogen and oxygen atoms in total. The Labute approximate surface area is 263 Å². The molecule has 0 aromatic heterocycles. The van der Waals surface area contributed by atoms with Gasteiger partial charge in [0, 0.05) is 0 Å². The van der Waals surface area contributed by atoms with Crippen LogP contribution in [0.2, 0.25) is 0 Å². The summed E-state index contributed by atoms with van der Waals surface area (Å²) in [4.78, 5) is 20.6. The monoisotopic (exact) mass is 595 g/mol. The predicted octanol–water partition coefficient (Wildman–Crippen LogP) is 12.3. The Bertz CT molecular complexity index is 477. The smallest absolute Gasteiger partial charge is 0.293 e. The van der Waals surface area contributed by atoms with Gasteiger partial charge >= 0.3 is 0 Å². The summed E-state index contributed by atoms with van der Waals surface area (Å²) in [5.74, 6) is 1.84. The van der Waals surface area contributed by atoms with Gasteiger partial charge in [0.1, 0.15) is 0 Å². The molecule has 250 valence electrons. The first kappa shape index (κ1) is 40.9. The molecule has 0 heterocycles. The zero-order chi connectivity index (χ0) is 30.6. The van der Waals surface area contributed by atoms with E-state index in [1.807, 2.05) is 0 Å². The van der Waals surface area contributed by atoms with Crippen LogP contribution in [0.5, 0.6) is 0 Å². The van der Waals surface area contributed by atoms with Crippen molar-refractivity contribution in [2.45, 2.75) is 206 Å². The van der Waals surface area contributed by atoms with Crippen molar-refractivity contribution in [3.8, 4) is 0 Å². The van der Waals surface area contributed by atoms with Gasteiger partial charge in [-0.1, -0.05) is 194 Å². The number of hydrogen-bond donors (Lipinski definition) is 0. The zero-order valence-electron chi connectivity index (χ0n) is 28.6. The van der Waals surface area contributed by atoms with Crippen LogP contribution in [-0.4, -0.2) is 26.2 Å². The summed E-state index contributed by atoms with van der Waals surface area (Å²) < 4.78 is 9.67. The Morgan fingerprint density at radius 1 is 0.357 bits per heavy atom. The Kier molecular flexibility index (Phi) is 35.2. The number of carbonyl (C=O) groups excluding carboxylic acids is 2. The van der Waals surface area contributed by atoms with Crippen LogP contribution in [0.1, 0.15) is 206 Å². The minimum absolute atomic E-state index is 0.571. The van der Waals surface area contributed by atoms with E-state index in [-0.39, 0.29) is 0 Å². The van der Waals surface area contributed by atoms with E-state index in [1.54, 1.807) is 0 Å². The lowest BCUT2D eigenvalue weighted by atomic mass is 9.78. The van der Waals surface area contributed by atoms with E-state index in [2.05, 4.69) is 13.8 Å². The first-order valence-electron chi connectivity index (χ1n) is 18.9. The molecule has 0 amide bonds. The number of unbranched alkanes of at least 4 members (excludes halogenated alkanes) is 22. The molecule has 4 heteroatoms. The van der Waals surface area contributed by atoms with Crippen molar-refractivity contribution in [2.24, 2.45) is 11.8 Å². The van der Waals surface area contributed by atoms with Crippen LogP contribution in [0.4, 0.5) is 0 Å². The number of rotatable bonds is 37. The van der Waals surface area contributed by atoms with E-state index in [9.17, 15) is 9.59 Å². The third-order valence-corrected chi connectivity index (χ3v) is 9.33. The highest BCUT2D eigenvalue weighted by Gasteiger charge is 2.20. The first-order valence-corrected chi connectivity index (χ1v) is 18.9. The summed E-state index contributed by atoms with van der Waals surface area (Å²) in [5.41, 5.74) is 0. The molecule has 0 saturated heterocycles. The van der Waals surface area contributed by atoms with E-state index in [4.69, 9.17) is 9.47 Å². The largest absolute Gasteiger partial charge is 0.468 e. The lowest BCUT2D eigenvalue weighted by Gasteiger charge is -2.28. The first-order chi connectivity index (χ1) is 20.8. The van der Waals surface area contributed by atoms with Crippen LogP contribution in [0.3, 0.4) is 0 Å². The molecule has 0 radical (unpaired) electrons. The molecule has 2 unspecified atom stereocenters. The van der Waals surface area contributed by atoms with E-state index in [0.29, 0.717) is 26.2 Å². The minimum atomic E-state index is 0.571. The molecule has 0 saturated carbocycles. The Hall–Kier alpha value is -1.06. The summed E-state index contributed by atoms with van der Waals surface area (Å²) in [6, 6.07) is 0. The van der Waals surface area contributed by atoms with Gasteiger partial charge in [0.2, 0.25) is 0 Å². The van der Waals surface area contributed by atoms with Crippen molar-refractivity contribution in [1.29, 1.82) is 0 Å². The van der Waals surface area contributed by atoms with Crippen LogP contribution in [0.15, 0.2) is 0 Å². The van der Waals surface area contributed by atoms with Gasteiger partial charge in [0.25, 0.3) is 12.9 Å². The zero-order valence-corrected chi connectivity index (χ0v) is 28.6. The fourth-order valence-corrected chi connectivity index (χ4v) is 6.65. The lowest BCUT2D eigenvalue weighted by Crippen LogP contribution is -2.16. The van der Waals surface area contributed by atoms with Gasteiger partial charge in [-0.15, -0.1) is 0 Å². The molecule has 0 N–H and O–H groups in total. The third-order valence-electron chi connectivity index (χ3n) is 9.33. The maximum atomic E-state index is 10.3. The second-order valence-electron chi connectivity index (χ2n) is 13.1. The second-order valence-corrected chi connectivity index (χ2v) is 13.1. The highest BCUT2D eigenvalue weighted by Crippen LogP contribution is 2.33. The van der Waals surface area contributed by atoms with Crippen LogP contribution < -0.4 is 0 Å². The minimum Gasteiger partial charge on any atom is -0.468 e. The second kappa shape index (κ2) is 36.1. The molecule has 42 heavy (non-hydrogen) atoms. The van der Waals surface area contributed by atoms with E-state index >= 15 is 0 Å². The molecule has 0 aromatic rings. The van der Waals surface area contributed by atoms with Crippen LogP contribution in [0.25, 0.3) is 0 Å². The van der Waals surface area contributed by atoms with E-state index in [0.717, 1.165) is 24.7 Å². The van der Waals surface area contributed by atoms with E-state index in [1.165, 1.54) is 180 Å². The summed E-state index contributed by atoms with van der Waals surface area (Å²) in [6.07, 6.45) is 40.6.